The van der Waals surface area contributed by atoms with Crippen LogP contribution < -0.4 is 5.32 Å². The van der Waals surface area contributed by atoms with Crippen LogP contribution in [0, 0.1) is 18.2 Å². The summed E-state index contributed by atoms with van der Waals surface area (Å²) >= 11 is 0. The van der Waals surface area contributed by atoms with Crippen molar-refractivity contribution >= 4 is 11.9 Å². The molecule has 7 nitrogen and oxygen atoms in total. The molecule has 45 heavy (non-hydrogen) atoms. The first-order valence-electron chi connectivity index (χ1n) is 15.1. The molecule has 3 aromatic carbocycles. The highest BCUT2D eigenvalue weighted by atomic mass is 19.1. The number of nitrogens with zero attached hydrogens (tertiary/aromatic N) is 2. The van der Waals surface area contributed by atoms with Gasteiger partial charge in [-0.1, -0.05) is 72.7 Å². The lowest BCUT2D eigenvalue weighted by Gasteiger charge is -2.41. The van der Waals surface area contributed by atoms with Crippen molar-refractivity contribution in [2.24, 2.45) is 0 Å². The van der Waals surface area contributed by atoms with Crippen LogP contribution in [-0.2, 0) is 19.1 Å². The van der Waals surface area contributed by atoms with Crippen LogP contribution in [0.25, 0.3) is 0 Å². The largest absolute Gasteiger partial charge is 0.466 e. The lowest BCUT2D eigenvalue weighted by molar-refractivity contribution is -0.155. The number of halogens is 1. The van der Waals surface area contributed by atoms with E-state index in [-0.39, 0.29) is 28.3 Å². The van der Waals surface area contributed by atoms with Gasteiger partial charge in [0.25, 0.3) is 0 Å². The molecule has 1 fully saturated rings. The van der Waals surface area contributed by atoms with E-state index in [2.05, 4.69) is 69.6 Å². The third-order valence-electron chi connectivity index (χ3n) is 8.62. The van der Waals surface area contributed by atoms with Crippen LogP contribution in [0.3, 0.4) is 0 Å². The van der Waals surface area contributed by atoms with E-state index in [0.717, 1.165) is 13.1 Å². The first-order valence-corrected chi connectivity index (χ1v) is 15.1. The molecule has 2 unspecified atom stereocenters. The molecule has 0 spiro atoms. The van der Waals surface area contributed by atoms with Crippen LogP contribution in [0.1, 0.15) is 55.0 Å². The number of hydrogen-bond donors (Lipinski definition) is 1. The maximum absolute atomic E-state index is 15.5. The number of rotatable bonds is 8. The molecular formula is C37H38FN3O4. The third kappa shape index (κ3) is 6.56. The topological polar surface area (TPSA) is 71.1 Å². The Morgan fingerprint density at radius 2 is 1.38 bits per heavy atom. The number of carbonyl (C=O) groups excluding carboxylic acids is 2. The average Bonchev–Trinajstić information content (AvgIpc) is 3.05. The van der Waals surface area contributed by atoms with Gasteiger partial charge >= 0.3 is 11.9 Å². The number of terminal acetylenes is 1. The molecule has 0 bridgehead atoms. The fraction of sp³-hybridized carbons (Fsp3) is 0.297. The predicted octanol–water partition coefficient (Wildman–Crippen LogP) is 5.51. The van der Waals surface area contributed by atoms with E-state index >= 15 is 4.39 Å². The molecule has 2 aliphatic heterocycles. The van der Waals surface area contributed by atoms with Gasteiger partial charge in [0.05, 0.1) is 30.2 Å². The van der Waals surface area contributed by atoms with E-state index in [0.29, 0.717) is 24.5 Å². The maximum atomic E-state index is 15.5. The Morgan fingerprint density at radius 1 is 0.844 bits per heavy atom. The van der Waals surface area contributed by atoms with Gasteiger partial charge in [-0.2, -0.15) is 0 Å². The first kappa shape index (κ1) is 31.7. The molecule has 232 valence electrons. The molecule has 2 heterocycles. The van der Waals surface area contributed by atoms with Gasteiger partial charge in [-0.05, 0) is 44.0 Å². The van der Waals surface area contributed by atoms with Crippen molar-refractivity contribution in [1.82, 2.24) is 15.1 Å². The molecule has 2 atom stereocenters. The Kier molecular flexibility index (Phi) is 9.82. The van der Waals surface area contributed by atoms with Crippen molar-refractivity contribution in [3.8, 4) is 12.3 Å². The highest BCUT2D eigenvalue weighted by Gasteiger charge is 2.41. The molecule has 0 aromatic heterocycles. The highest BCUT2D eigenvalue weighted by molar-refractivity contribution is 6.00. The number of allylic oxidation sites excluding steroid dienone is 2. The van der Waals surface area contributed by atoms with Gasteiger partial charge < -0.3 is 14.8 Å². The van der Waals surface area contributed by atoms with Crippen molar-refractivity contribution in [2.45, 2.75) is 39.0 Å². The molecular weight excluding hydrogens is 569 g/mol. The number of esters is 2. The molecule has 2 aliphatic rings. The summed E-state index contributed by atoms with van der Waals surface area (Å²) < 4.78 is 26.6. The number of methoxy groups -OCH3 is 1. The summed E-state index contributed by atoms with van der Waals surface area (Å²) in [5.41, 5.74) is 3.85. The summed E-state index contributed by atoms with van der Waals surface area (Å²) in [6.45, 7) is 8.08. The molecule has 1 N–H and O–H groups in total. The van der Waals surface area contributed by atoms with Crippen LogP contribution in [0.5, 0.6) is 0 Å². The zero-order valence-corrected chi connectivity index (χ0v) is 26.0. The van der Waals surface area contributed by atoms with Crippen molar-refractivity contribution in [1.29, 1.82) is 0 Å². The Morgan fingerprint density at radius 3 is 1.91 bits per heavy atom. The molecule has 0 amide bonds. The number of carbonyl (C=O) groups is 2. The van der Waals surface area contributed by atoms with E-state index in [9.17, 15) is 9.59 Å². The third-order valence-corrected chi connectivity index (χ3v) is 8.62. The van der Waals surface area contributed by atoms with Gasteiger partial charge in [0.2, 0.25) is 0 Å². The lowest BCUT2D eigenvalue weighted by atomic mass is 9.78. The molecule has 0 saturated carbocycles. The number of ether oxygens (including phenoxy) is 2. The van der Waals surface area contributed by atoms with Gasteiger partial charge in [-0.25, -0.2) is 14.0 Å². The minimum atomic E-state index is -1.11. The van der Waals surface area contributed by atoms with Crippen molar-refractivity contribution in [3.63, 3.8) is 0 Å². The number of nitrogens with one attached hydrogen (secondary N) is 1. The normalized spacial score (nSPS) is 18.3. The lowest BCUT2D eigenvalue weighted by Crippen LogP contribution is -2.51. The molecule has 5 rings (SSSR count). The highest BCUT2D eigenvalue weighted by Crippen LogP contribution is 2.42. The summed E-state index contributed by atoms with van der Waals surface area (Å²) in [4.78, 5) is 31.5. The zero-order chi connectivity index (χ0) is 32.1. The molecule has 0 aliphatic carbocycles. The van der Waals surface area contributed by atoms with E-state index in [4.69, 9.17) is 15.9 Å². The second-order valence-electron chi connectivity index (χ2n) is 11.3. The number of dihydropyridines is 1. The van der Waals surface area contributed by atoms with Crippen LogP contribution in [0.2, 0.25) is 0 Å². The SMILES string of the molecule is C#Cc1cccc(F)c1C1C(C(=O)OC)=C(C)NC(C)=C1C(=O)OC(C)N1CCN(C(c2ccccc2)c2ccccc2)CC1. The van der Waals surface area contributed by atoms with Crippen LogP contribution >= 0.6 is 0 Å². The monoisotopic (exact) mass is 607 g/mol. The Labute approximate surface area is 264 Å². The molecule has 0 radical (unpaired) electrons. The summed E-state index contributed by atoms with van der Waals surface area (Å²) in [6, 6.07) is 25.3. The van der Waals surface area contributed by atoms with Crippen molar-refractivity contribution in [2.75, 3.05) is 33.3 Å². The van der Waals surface area contributed by atoms with Gasteiger partial charge in [0.1, 0.15) is 5.82 Å². The molecule has 3 aromatic rings. The van der Waals surface area contributed by atoms with Gasteiger partial charge in [-0.3, -0.25) is 9.80 Å². The Hall–Kier alpha value is -4.71. The smallest absolute Gasteiger partial charge is 0.338 e. The Balaban J connectivity index is 1.37. The number of benzene rings is 3. The summed E-state index contributed by atoms with van der Waals surface area (Å²) in [6.07, 6.45) is 5.17. The second kappa shape index (κ2) is 13.9. The quantitative estimate of drug-likeness (QED) is 0.268. The second-order valence-corrected chi connectivity index (χ2v) is 11.3. The summed E-state index contributed by atoms with van der Waals surface area (Å²) in [5, 5.41) is 3.10. The zero-order valence-electron chi connectivity index (χ0n) is 26.0. The van der Waals surface area contributed by atoms with E-state index in [1.54, 1.807) is 19.9 Å². The summed E-state index contributed by atoms with van der Waals surface area (Å²) in [7, 11) is 1.24. The Bertz CT molecular complexity index is 1610. The van der Waals surface area contributed by atoms with Gasteiger partial charge in [0, 0.05) is 48.7 Å². The van der Waals surface area contributed by atoms with Crippen molar-refractivity contribution < 1.29 is 23.5 Å². The number of hydrogen-bond acceptors (Lipinski definition) is 7. The average molecular weight is 608 g/mol. The van der Waals surface area contributed by atoms with E-state index < -0.39 is 29.9 Å². The maximum Gasteiger partial charge on any atom is 0.338 e. The molecule has 8 heteroatoms. The van der Waals surface area contributed by atoms with Crippen LogP contribution in [-0.4, -0.2) is 61.3 Å². The minimum Gasteiger partial charge on any atom is -0.466 e. The minimum absolute atomic E-state index is 0.0571. The van der Waals surface area contributed by atoms with E-state index in [1.165, 1.54) is 30.4 Å². The van der Waals surface area contributed by atoms with Crippen LogP contribution in [0.4, 0.5) is 4.39 Å². The van der Waals surface area contributed by atoms with Crippen molar-refractivity contribution in [3.05, 3.63) is 129 Å². The van der Waals surface area contributed by atoms with Gasteiger partial charge in [0.15, 0.2) is 6.23 Å². The van der Waals surface area contributed by atoms with E-state index in [1.807, 2.05) is 19.1 Å². The summed E-state index contributed by atoms with van der Waals surface area (Å²) in [5.74, 6) is -0.580. The standard InChI is InChI=1S/C37H38FN3O4/c1-6-27-18-13-19-30(38)33(27)34-31(36(42)44-5)24(2)39-25(3)32(34)37(43)45-26(4)40-20-22-41(23-21-40)35(28-14-9-7-10-15-28)29-16-11-8-12-17-29/h1,7-19,26,34-35,39H,20-23H2,2-5H3. The fourth-order valence-electron chi connectivity index (χ4n) is 6.43. The number of piperazine rings is 1. The first-order chi connectivity index (χ1) is 21.7. The van der Waals surface area contributed by atoms with Crippen LogP contribution in [0.15, 0.2) is 101 Å². The fourth-order valence-corrected chi connectivity index (χ4v) is 6.43. The molecule has 1 saturated heterocycles. The van der Waals surface area contributed by atoms with Gasteiger partial charge in [-0.15, -0.1) is 6.42 Å². The predicted molar refractivity (Wildman–Crippen MR) is 171 cm³/mol.